The van der Waals surface area contributed by atoms with Crippen LogP contribution in [0.3, 0.4) is 0 Å². The summed E-state index contributed by atoms with van der Waals surface area (Å²) in [5.74, 6) is 0.657. The molecule has 22 heavy (non-hydrogen) atoms. The SMILES string of the molecule is CC(C)C1=NC(=C2C=CN(O)C=C2)C(c2ccc(F)cc2)=N1. The van der Waals surface area contributed by atoms with Gasteiger partial charge in [0.25, 0.3) is 0 Å². The Labute approximate surface area is 128 Å². The molecular weight excluding hydrogens is 281 g/mol. The normalized spacial score (nSPS) is 17.4. The number of nitrogens with zero attached hydrogens (tertiary/aromatic N) is 3. The van der Waals surface area contributed by atoms with Crippen molar-refractivity contribution in [2.45, 2.75) is 13.8 Å². The first kappa shape index (κ1) is 14.4. The molecule has 0 aliphatic carbocycles. The zero-order valence-electron chi connectivity index (χ0n) is 12.4. The Bertz CT molecular complexity index is 724. The van der Waals surface area contributed by atoms with Crippen molar-refractivity contribution in [1.29, 1.82) is 0 Å². The number of hydrogen-bond donors (Lipinski definition) is 1. The lowest BCUT2D eigenvalue weighted by Gasteiger charge is -2.12. The lowest BCUT2D eigenvalue weighted by molar-refractivity contribution is 0.0105. The summed E-state index contributed by atoms with van der Waals surface area (Å²) in [7, 11) is 0. The molecule has 2 aliphatic heterocycles. The van der Waals surface area contributed by atoms with Crippen molar-refractivity contribution < 1.29 is 9.60 Å². The maximum Gasteiger partial charge on any atom is 0.132 e. The first-order valence-corrected chi connectivity index (χ1v) is 7.06. The van der Waals surface area contributed by atoms with E-state index in [-0.39, 0.29) is 11.7 Å². The highest BCUT2D eigenvalue weighted by molar-refractivity contribution is 6.22. The first-order chi connectivity index (χ1) is 10.5. The number of hydroxylamine groups is 2. The largest absolute Gasteiger partial charge is 0.285 e. The zero-order valence-corrected chi connectivity index (χ0v) is 12.4. The molecule has 0 spiro atoms. The summed E-state index contributed by atoms with van der Waals surface area (Å²) in [6.07, 6.45) is 6.60. The number of aliphatic imine (C=N–C) groups is 2. The standard InChI is InChI=1S/C17H16FN3O/c1-11(2)17-19-15(12-3-5-14(18)6-4-12)16(20-17)13-7-9-21(22)10-8-13/h3-11,22H,1-2H3. The summed E-state index contributed by atoms with van der Waals surface area (Å²) in [5, 5.41) is 10.3. The quantitative estimate of drug-likeness (QED) is 0.905. The molecule has 5 heteroatoms. The lowest BCUT2D eigenvalue weighted by atomic mass is 10.0. The van der Waals surface area contributed by atoms with Crippen molar-refractivity contribution in [2.24, 2.45) is 15.9 Å². The van der Waals surface area contributed by atoms with Gasteiger partial charge in [-0.05, 0) is 36.4 Å². The maximum absolute atomic E-state index is 13.1. The van der Waals surface area contributed by atoms with E-state index < -0.39 is 0 Å². The Kier molecular flexibility index (Phi) is 3.73. The lowest BCUT2D eigenvalue weighted by Crippen LogP contribution is -2.08. The fourth-order valence-corrected chi connectivity index (χ4v) is 2.20. The van der Waals surface area contributed by atoms with Crippen molar-refractivity contribution in [3.63, 3.8) is 0 Å². The van der Waals surface area contributed by atoms with Gasteiger partial charge in [-0.1, -0.05) is 13.8 Å². The van der Waals surface area contributed by atoms with Gasteiger partial charge in [-0.15, -0.1) is 0 Å². The van der Waals surface area contributed by atoms with Gasteiger partial charge in [0.05, 0.1) is 11.4 Å². The second kappa shape index (κ2) is 5.69. The van der Waals surface area contributed by atoms with Crippen LogP contribution in [0.25, 0.3) is 0 Å². The van der Waals surface area contributed by atoms with Crippen LogP contribution in [-0.2, 0) is 0 Å². The summed E-state index contributed by atoms with van der Waals surface area (Å²) in [5.41, 5.74) is 3.12. The van der Waals surface area contributed by atoms with Gasteiger partial charge < -0.3 is 0 Å². The van der Waals surface area contributed by atoms with Gasteiger partial charge in [0.15, 0.2) is 0 Å². The van der Waals surface area contributed by atoms with Crippen LogP contribution in [0.1, 0.15) is 19.4 Å². The molecule has 0 aromatic heterocycles. The number of halogens is 1. The van der Waals surface area contributed by atoms with Crippen molar-refractivity contribution in [3.8, 4) is 0 Å². The van der Waals surface area contributed by atoms with Crippen LogP contribution in [0.4, 0.5) is 4.39 Å². The number of hydrogen-bond acceptors (Lipinski definition) is 4. The summed E-state index contributed by atoms with van der Waals surface area (Å²) < 4.78 is 13.1. The third kappa shape index (κ3) is 2.76. The highest BCUT2D eigenvalue weighted by Gasteiger charge is 2.22. The van der Waals surface area contributed by atoms with Crippen LogP contribution in [-0.4, -0.2) is 21.8 Å². The van der Waals surface area contributed by atoms with Gasteiger partial charge in [0, 0.05) is 29.5 Å². The summed E-state index contributed by atoms with van der Waals surface area (Å²) >= 11 is 0. The number of benzene rings is 1. The van der Waals surface area contributed by atoms with E-state index in [0.29, 0.717) is 0 Å². The number of amidine groups is 1. The maximum atomic E-state index is 13.1. The van der Waals surface area contributed by atoms with Crippen LogP contribution >= 0.6 is 0 Å². The fraction of sp³-hybridized carbons (Fsp3) is 0.176. The average Bonchev–Trinajstić information content (AvgIpc) is 2.94. The van der Waals surface area contributed by atoms with Crippen molar-refractivity contribution in [3.05, 3.63) is 71.5 Å². The molecule has 2 aliphatic rings. The van der Waals surface area contributed by atoms with Gasteiger partial charge >= 0.3 is 0 Å². The molecule has 112 valence electrons. The monoisotopic (exact) mass is 297 g/mol. The van der Waals surface area contributed by atoms with E-state index in [0.717, 1.165) is 33.4 Å². The van der Waals surface area contributed by atoms with Crippen LogP contribution in [0, 0.1) is 11.7 Å². The summed E-state index contributed by atoms with van der Waals surface area (Å²) in [6.45, 7) is 4.06. The second-order valence-corrected chi connectivity index (χ2v) is 5.41. The van der Waals surface area contributed by atoms with E-state index in [1.165, 1.54) is 24.5 Å². The van der Waals surface area contributed by atoms with E-state index in [1.54, 1.807) is 24.3 Å². The molecule has 1 aromatic rings. The molecule has 1 N–H and O–H groups in total. The Morgan fingerprint density at radius 2 is 1.68 bits per heavy atom. The summed E-state index contributed by atoms with van der Waals surface area (Å²) in [4.78, 5) is 9.22. The Morgan fingerprint density at radius 3 is 2.27 bits per heavy atom. The van der Waals surface area contributed by atoms with E-state index >= 15 is 0 Å². The Balaban J connectivity index is 2.09. The molecule has 0 saturated carbocycles. The van der Waals surface area contributed by atoms with Gasteiger partial charge in [-0.2, -0.15) is 0 Å². The van der Waals surface area contributed by atoms with Gasteiger partial charge in [-0.3, -0.25) is 5.21 Å². The van der Waals surface area contributed by atoms with E-state index in [1.807, 2.05) is 13.8 Å². The minimum absolute atomic E-state index is 0.194. The Morgan fingerprint density at radius 1 is 1.05 bits per heavy atom. The van der Waals surface area contributed by atoms with Gasteiger partial charge in [-0.25, -0.2) is 19.4 Å². The first-order valence-electron chi connectivity index (χ1n) is 7.06. The van der Waals surface area contributed by atoms with E-state index in [9.17, 15) is 9.60 Å². The van der Waals surface area contributed by atoms with Crippen LogP contribution in [0.2, 0.25) is 0 Å². The molecule has 0 unspecified atom stereocenters. The van der Waals surface area contributed by atoms with E-state index in [4.69, 9.17) is 0 Å². The second-order valence-electron chi connectivity index (χ2n) is 5.41. The van der Waals surface area contributed by atoms with Crippen LogP contribution in [0.15, 0.2) is 70.1 Å². The topological polar surface area (TPSA) is 48.2 Å². The predicted octanol–water partition coefficient (Wildman–Crippen LogP) is 3.67. The molecule has 4 nitrogen and oxygen atoms in total. The molecule has 0 bridgehead atoms. The van der Waals surface area contributed by atoms with E-state index in [2.05, 4.69) is 9.98 Å². The molecule has 2 heterocycles. The van der Waals surface area contributed by atoms with Crippen LogP contribution in [0.5, 0.6) is 0 Å². The third-order valence-electron chi connectivity index (χ3n) is 3.40. The number of allylic oxidation sites excluding steroid dienone is 4. The highest BCUT2D eigenvalue weighted by Crippen LogP contribution is 2.25. The van der Waals surface area contributed by atoms with Crippen molar-refractivity contribution in [1.82, 2.24) is 5.06 Å². The van der Waals surface area contributed by atoms with Crippen molar-refractivity contribution >= 4 is 11.5 Å². The molecule has 3 rings (SSSR count). The summed E-state index contributed by atoms with van der Waals surface area (Å²) in [6, 6.07) is 6.22. The molecule has 0 fully saturated rings. The number of rotatable bonds is 2. The highest BCUT2D eigenvalue weighted by atomic mass is 19.1. The third-order valence-corrected chi connectivity index (χ3v) is 3.40. The molecule has 1 aromatic carbocycles. The predicted molar refractivity (Wildman–Crippen MR) is 84.1 cm³/mol. The van der Waals surface area contributed by atoms with Gasteiger partial charge in [0.1, 0.15) is 11.7 Å². The molecule has 0 saturated heterocycles. The minimum Gasteiger partial charge on any atom is -0.285 e. The minimum atomic E-state index is -0.282. The van der Waals surface area contributed by atoms with Gasteiger partial charge in [0.2, 0.25) is 0 Å². The molecule has 0 radical (unpaired) electrons. The Hall–Kier alpha value is -2.53. The molecular formula is C17H16FN3O. The zero-order chi connectivity index (χ0) is 15.7. The van der Waals surface area contributed by atoms with Crippen LogP contribution < -0.4 is 0 Å². The average molecular weight is 297 g/mol. The fourth-order valence-electron chi connectivity index (χ4n) is 2.20. The molecule has 0 atom stereocenters. The van der Waals surface area contributed by atoms with Crippen molar-refractivity contribution in [2.75, 3.05) is 0 Å². The molecule has 0 amide bonds. The smallest absolute Gasteiger partial charge is 0.132 e.